The molecule has 1 fully saturated rings. The predicted molar refractivity (Wildman–Crippen MR) is 74.2 cm³/mol. The van der Waals surface area contributed by atoms with E-state index in [1.807, 2.05) is 10.6 Å². The van der Waals surface area contributed by atoms with E-state index >= 15 is 0 Å². The van der Waals surface area contributed by atoms with E-state index < -0.39 is 0 Å². The molecule has 0 N–H and O–H groups in total. The summed E-state index contributed by atoms with van der Waals surface area (Å²) in [7, 11) is 1.47. The number of carbonyl (C=O) groups excluding carboxylic acids is 1. The number of hydrogen-bond donors (Lipinski definition) is 0. The Bertz CT molecular complexity index is 600. The van der Waals surface area contributed by atoms with Gasteiger partial charge in [0, 0.05) is 6.20 Å². The van der Waals surface area contributed by atoms with Crippen molar-refractivity contribution in [3.8, 4) is 0 Å². The SMILES string of the molecule is COC(=O)[C@H]1CC[C@H](Cc2ccc3ncnn3c2)CC1. The summed E-state index contributed by atoms with van der Waals surface area (Å²) in [6.07, 6.45) is 8.75. The van der Waals surface area contributed by atoms with Crippen molar-refractivity contribution in [2.75, 3.05) is 7.11 Å². The van der Waals surface area contributed by atoms with E-state index in [0.717, 1.165) is 37.8 Å². The molecule has 5 nitrogen and oxygen atoms in total. The zero-order valence-corrected chi connectivity index (χ0v) is 11.7. The third-order valence-electron chi connectivity index (χ3n) is 4.24. The van der Waals surface area contributed by atoms with Crippen molar-refractivity contribution in [1.29, 1.82) is 0 Å². The number of rotatable bonds is 3. The molecular formula is C15H19N3O2. The molecular weight excluding hydrogens is 254 g/mol. The second-order valence-corrected chi connectivity index (χ2v) is 5.55. The third kappa shape index (κ3) is 2.66. The monoisotopic (exact) mass is 273 g/mol. The van der Waals surface area contributed by atoms with Gasteiger partial charge in [0.05, 0.1) is 13.0 Å². The summed E-state index contributed by atoms with van der Waals surface area (Å²) in [6.45, 7) is 0. The summed E-state index contributed by atoms with van der Waals surface area (Å²) < 4.78 is 6.64. The molecule has 0 atom stereocenters. The maximum Gasteiger partial charge on any atom is 0.308 e. The highest BCUT2D eigenvalue weighted by Gasteiger charge is 2.26. The Hall–Kier alpha value is -1.91. The summed E-state index contributed by atoms with van der Waals surface area (Å²) in [4.78, 5) is 15.7. The highest BCUT2D eigenvalue weighted by Crippen LogP contribution is 2.31. The van der Waals surface area contributed by atoms with Gasteiger partial charge in [0.25, 0.3) is 0 Å². The van der Waals surface area contributed by atoms with E-state index in [1.165, 1.54) is 12.7 Å². The van der Waals surface area contributed by atoms with Crippen LogP contribution in [0.3, 0.4) is 0 Å². The van der Waals surface area contributed by atoms with E-state index in [2.05, 4.69) is 22.3 Å². The Morgan fingerprint density at radius 3 is 2.90 bits per heavy atom. The number of esters is 1. The number of fused-ring (bicyclic) bond motifs is 1. The Morgan fingerprint density at radius 2 is 2.15 bits per heavy atom. The molecule has 0 aromatic carbocycles. The van der Waals surface area contributed by atoms with E-state index in [9.17, 15) is 4.79 Å². The van der Waals surface area contributed by atoms with Crippen LogP contribution in [-0.2, 0) is 16.0 Å². The summed E-state index contributed by atoms with van der Waals surface area (Å²) in [5, 5.41) is 4.16. The number of hydrogen-bond acceptors (Lipinski definition) is 4. The first kappa shape index (κ1) is 13.1. The van der Waals surface area contributed by atoms with Crippen LogP contribution in [0.25, 0.3) is 5.65 Å². The smallest absolute Gasteiger partial charge is 0.308 e. The fraction of sp³-hybridized carbons (Fsp3) is 0.533. The van der Waals surface area contributed by atoms with Gasteiger partial charge in [-0.3, -0.25) is 4.79 Å². The average Bonchev–Trinajstić information content (AvgIpc) is 2.95. The molecule has 106 valence electrons. The molecule has 2 heterocycles. The lowest BCUT2D eigenvalue weighted by Gasteiger charge is -2.26. The van der Waals surface area contributed by atoms with Gasteiger partial charge in [0.1, 0.15) is 6.33 Å². The van der Waals surface area contributed by atoms with Crippen molar-refractivity contribution >= 4 is 11.6 Å². The normalized spacial score (nSPS) is 22.9. The van der Waals surface area contributed by atoms with Gasteiger partial charge in [0.2, 0.25) is 0 Å². The molecule has 0 radical (unpaired) electrons. The molecule has 2 aromatic heterocycles. The van der Waals surface area contributed by atoms with Crippen LogP contribution in [0.4, 0.5) is 0 Å². The fourth-order valence-electron chi connectivity index (χ4n) is 3.08. The molecule has 5 heteroatoms. The molecule has 1 saturated carbocycles. The summed E-state index contributed by atoms with van der Waals surface area (Å²) >= 11 is 0. The van der Waals surface area contributed by atoms with Crippen molar-refractivity contribution < 1.29 is 9.53 Å². The number of carbonyl (C=O) groups is 1. The third-order valence-corrected chi connectivity index (χ3v) is 4.24. The fourth-order valence-corrected chi connectivity index (χ4v) is 3.08. The maximum absolute atomic E-state index is 11.5. The van der Waals surface area contributed by atoms with Crippen molar-refractivity contribution in [3.05, 3.63) is 30.2 Å². The summed E-state index contributed by atoms with van der Waals surface area (Å²) in [5.41, 5.74) is 2.16. The minimum Gasteiger partial charge on any atom is -0.469 e. The molecule has 0 spiro atoms. The zero-order valence-electron chi connectivity index (χ0n) is 11.7. The Balaban J connectivity index is 1.60. The highest BCUT2D eigenvalue weighted by atomic mass is 16.5. The minimum absolute atomic E-state index is 0.0486. The molecule has 1 aliphatic rings. The van der Waals surface area contributed by atoms with Crippen LogP contribution in [0, 0.1) is 11.8 Å². The van der Waals surface area contributed by atoms with Gasteiger partial charge in [-0.1, -0.05) is 6.07 Å². The van der Waals surface area contributed by atoms with Crippen LogP contribution >= 0.6 is 0 Å². The lowest BCUT2D eigenvalue weighted by molar-refractivity contribution is -0.146. The van der Waals surface area contributed by atoms with Crippen molar-refractivity contribution in [1.82, 2.24) is 14.6 Å². The molecule has 3 rings (SSSR count). The van der Waals surface area contributed by atoms with Crippen LogP contribution in [0.2, 0.25) is 0 Å². The molecule has 0 aliphatic heterocycles. The molecule has 0 saturated heterocycles. The van der Waals surface area contributed by atoms with E-state index in [4.69, 9.17) is 4.74 Å². The number of methoxy groups -OCH3 is 1. The first-order chi connectivity index (χ1) is 9.76. The Kier molecular flexibility index (Phi) is 3.67. The Labute approximate surface area is 118 Å². The van der Waals surface area contributed by atoms with Crippen LogP contribution in [-0.4, -0.2) is 27.7 Å². The van der Waals surface area contributed by atoms with E-state index in [1.54, 1.807) is 6.33 Å². The van der Waals surface area contributed by atoms with Gasteiger partial charge in [-0.15, -0.1) is 0 Å². The lowest BCUT2D eigenvalue weighted by atomic mass is 9.79. The lowest BCUT2D eigenvalue weighted by Crippen LogP contribution is -2.23. The van der Waals surface area contributed by atoms with Crippen molar-refractivity contribution in [3.63, 3.8) is 0 Å². The molecule has 20 heavy (non-hydrogen) atoms. The zero-order chi connectivity index (χ0) is 13.9. The van der Waals surface area contributed by atoms with Gasteiger partial charge >= 0.3 is 5.97 Å². The van der Waals surface area contributed by atoms with Gasteiger partial charge < -0.3 is 4.74 Å². The maximum atomic E-state index is 11.5. The van der Waals surface area contributed by atoms with Crippen LogP contribution in [0.5, 0.6) is 0 Å². The first-order valence-corrected chi connectivity index (χ1v) is 7.12. The van der Waals surface area contributed by atoms with Crippen LogP contribution in [0.15, 0.2) is 24.7 Å². The molecule has 0 amide bonds. The van der Waals surface area contributed by atoms with Gasteiger partial charge in [-0.25, -0.2) is 9.50 Å². The second-order valence-electron chi connectivity index (χ2n) is 5.55. The molecule has 2 aromatic rings. The number of pyridine rings is 1. The largest absolute Gasteiger partial charge is 0.469 e. The topological polar surface area (TPSA) is 56.5 Å². The number of aromatic nitrogens is 3. The predicted octanol–water partition coefficient (Wildman–Crippen LogP) is 2.25. The van der Waals surface area contributed by atoms with E-state index in [-0.39, 0.29) is 11.9 Å². The minimum atomic E-state index is -0.0486. The number of nitrogens with zero attached hydrogens (tertiary/aromatic N) is 3. The molecule has 0 unspecified atom stereocenters. The van der Waals surface area contributed by atoms with Crippen LogP contribution < -0.4 is 0 Å². The van der Waals surface area contributed by atoms with Gasteiger partial charge in [0.15, 0.2) is 5.65 Å². The number of ether oxygens (including phenoxy) is 1. The van der Waals surface area contributed by atoms with Crippen molar-refractivity contribution in [2.45, 2.75) is 32.1 Å². The summed E-state index contributed by atoms with van der Waals surface area (Å²) in [5.74, 6) is 0.707. The van der Waals surface area contributed by atoms with Crippen LogP contribution in [0.1, 0.15) is 31.2 Å². The van der Waals surface area contributed by atoms with Gasteiger partial charge in [-0.05, 0) is 49.7 Å². The quantitative estimate of drug-likeness (QED) is 0.805. The van der Waals surface area contributed by atoms with Gasteiger partial charge in [-0.2, -0.15) is 5.10 Å². The van der Waals surface area contributed by atoms with Crippen molar-refractivity contribution in [2.24, 2.45) is 11.8 Å². The Morgan fingerprint density at radius 1 is 1.35 bits per heavy atom. The summed E-state index contributed by atoms with van der Waals surface area (Å²) in [6, 6.07) is 4.12. The second kappa shape index (κ2) is 5.61. The molecule has 0 bridgehead atoms. The standard InChI is InChI=1S/C15H19N3O2/c1-20-15(19)13-5-2-11(3-6-13)8-12-4-7-14-16-10-17-18(14)9-12/h4,7,9-11,13H,2-3,5-6,8H2,1H3/t11-,13-. The molecule has 1 aliphatic carbocycles. The first-order valence-electron chi connectivity index (χ1n) is 7.12. The average molecular weight is 273 g/mol. The van der Waals surface area contributed by atoms with E-state index in [0.29, 0.717) is 5.92 Å². The highest BCUT2D eigenvalue weighted by molar-refractivity contribution is 5.72.